The van der Waals surface area contributed by atoms with Crippen LogP contribution in [0.15, 0.2) is 36.4 Å². The van der Waals surface area contributed by atoms with Crippen LogP contribution in [-0.2, 0) is 12.8 Å². The summed E-state index contributed by atoms with van der Waals surface area (Å²) in [6, 6.07) is 13.5. The summed E-state index contributed by atoms with van der Waals surface area (Å²) >= 11 is 7.83. The van der Waals surface area contributed by atoms with Crippen molar-refractivity contribution in [3.63, 3.8) is 0 Å². The molecule has 2 aromatic rings. The zero-order chi connectivity index (χ0) is 21.0. The highest BCUT2D eigenvalue weighted by Gasteiger charge is 2.60. The molecule has 4 aliphatic rings. The summed E-state index contributed by atoms with van der Waals surface area (Å²) in [5.74, 6) is 3.39. The van der Waals surface area contributed by atoms with Crippen LogP contribution in [0, 0.1) is 11.8 Å². The van der Waals surface area contributed by atoms with E-state index in [1.54, 1.807) is 0 Å². The van der Waals surface area contributed by atoms with E-state index in [0.717, 1.165) is 63.2 Å². The summed E-state index contributed by atoms with van der Waals surface area (Å²) in [5.41, 5.74) is 8.82. The van der Waals surface area contributed by atoms with E-state index in [-0.39, 0.29) is 3.23 Å². The Hall–Kier alpha value is -1.26. The maximum atomic E-state index is 6.21. The topological polar surface area (TPSA) is 18.5 Å². The van der Waals surface area contributed by atoms with Crippen molar-refractivity contribution in [2.24, 2.45) is 11.8 Å². The number of halogens is 2. The predicted octanol–water partition coefficient (Wildman–Crippen LogP) is 7.55. The summed E-state index contributed by atoms with van der Waals surface area (Å²) in [4.78, 5) is 0. The number of hydrogen-bond acceptors (Lipinski definition) is 2. The predicted molar refractivity (Wildman–Crippen MR) is 133 cm³/mol. The van der Waals surface area contributed by atoms with Gasteiger partial charge in [0, 0.05) is 0 Å². The van der Waals surface area contributed by atoms with E-state index in [9.17, 15) is 0 Å². The van der Waals surface area contributed by atoms with Gasteiger partial charge in [-0.15, -0.1) is 0 Å². The van der Waals surface area contributed by atoms with E-state index in [4.69, 9.17) is 9.47 Å². The minimum absolute atomic E-state index is 0.109. The molecule has 0 radical (unpaired) electrons. The summed E-state index contributed by atoms with van der Waals surface area (Å²) in [5, 5.41) is 0. The summed E-state index contributed by atoms with van der Waals surface area (Å²) in [6.45, 7) is 1.58. The third-order valence-electron chi connectivity index (χ3n) is 7.69. The van der Waals surface area contributed by atoms with Crippen molar-refractivity contribution in [3.8, 4) is 11.5 Å². The lowest BCUT2D eigenvalue weighted by molar-refractivity contribution is 0.294. The van der Waals surface area contributed by atoms with Crippen molar-refractivity contribution in [1.29, 1.82) is 0 Å². The molecule has 6 rings (SSSR count). The minimum Gasteiger partial charge on any atom is -0.494 e. The van der Waals surface area contributed by atoms with E-state index < -0.39 is 0 Å². The summed E-state index contributed by atoms with van der Waals surface area (Å²) in [7, 11) is 0. The molecule has 31 heavy (non-hydrogen) atoms. The Bertz CT molecular complexity index is 974. The average molecular weight is 544 g/mol. The third kappa shape index (κ3) is 3.68. The van der Waals surface area contributed by atoms with Crippen LogP contribution in [0.3, 0.4) is 0 Å². The lowest BCUT2D eigenvalue weighted by Gasteiger charge is -2.13. The van der Waals surface area contributed by atoms with Crippen molar-refractivity contribution >= 4 is 43.0 Å². The van der Waals surface area contributed by atoms with Crippen LogP contribution < -0.4 is 9.47 Å². The van der Waals surface area contributed by atoms with Gasteiger partial charge in [0.2, 0.25) is 0 Å². The van der Waals surface area contributed by atoms with Crippen LogP contribution in [-0.4, -0.2) is 16.4 Å². The minimum atomic E-state index is 0.109. The first kappa shape index (κ1) is 20.4. The first-order valence-electron chi connectivity index (χ1n) is 11.7. The molecule has 1 fully saturated rings. The van der Waals surface area contributed by atoms with Gasteiger partial charge in [0.25, 0.3) is 0 Å². The van der Waals surface area contributed by atoms with Crippen LogP contribution in [0.25, 0.3) is 11.1 Å². The second-order valence-electron chi connectivity index (χ2n) is 9.46. The fraction of sp³-hybridized carbons (Fsp3) is 0.481. The first-order chi connectivity index (χ1) is 15.1. The Morgan fingerprint density at radius 1 is 0.677 bits per heavy atom. The standard InChI is InChI=1S/C27H28Br2O2/c28-27(29)25-3-1-13-30-19-9-5-17-7-11-21(23(17)15-19)22-12-8-18-6-10-20(16-24(18)22)31-14-2-4-26(25)27/h5-6,9-10,15-16,25-26H,1-4,7-8,11-14H2/b22-21-/t25-,26+. The second kappa shape index (κ2) is 7.95. The number of alkyl halides is 2. The van der Waals surface area contributed by atoms with Crippen molar-refractivity contribution in [2.45, 2.75) is 54.6 Å². The molecule has 3 aliphatic carbocycles. The molecule has 2 aromatic carbocycles. The number of ether oxygens (including phenoxy) is 2. The van der Waals surface area contributed by atoms with Gasteiger partial charge in [-0.05, 0) is 121 Å². The Kier molecular flexibility index (Phi) is 5.22. The van der Waals surface area contributed by atoms with Crippen molar-refractivity contribution in [2.75, 3.05) is 13.2 Å². The average Bonchev–Trinajstić information content (AvgIpc) is 3.11. The van der Waals surface area contributed by atoms with Gasteiger partial charge >= 0.3 is 0 Å². The van der Waals surface area contributed by atoms with Crippen LogP contribution in [0.5, 0.6) is 11.5 Å². The maximum Gasteiger partial charge on any atom is 0.119 e. The number of fused-ring (bicyclic) bond motifs is 3. The van der Waals surface area contributed by atoms with Gasteiger partial charge in [0.05, 0.1) is 16.4 Å². The van der Waals surface area contributed by atoms with Gasteiger partial charge in [0.15, 0.2) is 0 Å². The van der Waals surface area contributed by atoms with E-state index in [0.29, 0.717) is 11.8 Å². The zero-order valence-corrected chi connectivity index (χ0v) is 20.9. The van der Waals surface area contributed by atoms with Crippen LogP contribution in [0.1, 0.15) is 60.8 Å². The zero-order valence-electron chi connectivity index (χ0n) is 17.8. The molecule has 4 heteroatoms. The van der Waals surface area contributed by atoms with Crippen LogP contribution in [0.2, 0.25) is 0 Å². The fourth-order valence-electron chi connectivity index (χ4n) is 5.94. The maximum absolute atomic E-state index is 6.21. The molecule has 1 aliphatic heterocycles. The monoisotopic (exact) mass is 542 g/mol. The summed E-state index contributed by atoms with van der Waals surface area (Å²) < 4.78 is 12.5. The molecule has 0 amide bonds. The van der Waals surface area contributed by atoms with Gasteiger partial charge in [-0.25, -0.2) is 0 Å². The third-order valence-corrected chi connectivity index (χ3v) is 10.0. The highest BCUT2D eigenvalue weighted by molar-refractivity contribution is 9.25. The highest BCUT2D eigenvalue weighted by atomic mass is 79.9. The number of allylic oxidation sites excluding steroid dienone is 2. The molecule has 2 nitrogen and oxygen atoms in total. The van der Waals surface area contributed by atoms with Crippen LogP contribution in [0.4, 0.5) is 0 Å². The largest absolute Gasteiger partial charge is 0.494 e. The molecule has 4 bridgehead atoms. The number of rotatable bonds is 0. The van der Waals surface area contributed by atoms with E-state index in [1.807, 2.05) is 0 Å². The molecule has 0 N–H and O–H groups in total. The molecule has 0 unspecified atom stereocenters. The van der Waals surface area contributed by atoms with Gasteiger partial charge in [-0.2, -0.15) is 0 Å². The lowest BCUT2D eigenvalue weighted by atomic mass is 9.96. The molecular formula is C27H28Br2O2. The highest BCUT2D eigenvalue weighted by Crippen LogP contribution is 2.65. The quantitative estimate of drug-likeness (QED) is 0.319. The van der Waals surface area contributed by atoms with Gasteiger partial charge in [-0.1, -0.05) is 44.0 Å². The van der Waals surface area contributed by atoms with Crippen molar-refractivity contribution in [3.05, 3.63) is 58.7 Å². The van der Waals surface area contributed by atoms with Crippen LogP contribution >= 0.6 is 31.9 Å². The van der Waals surface area contributed by atoms with Gasteiger partial charge in [-0.3, -0.25) is 0 Å². The molecule has 0 spiro atoms. The smallest absolute Gasteiger partial charge is 0.119 e. The summed E-state index contributed by atoms with van der Waals surface area (Å²) in [6.07, 6.45) is 9.12. The first-order valence-corrected chi connectivity index (χ1v) is 13.3. The lowest BCUT2D eigenvalue weighted by Crippen LogP contribution is -2.01. The van der Waals surface area contributed by atoms with Crippen molar-refractivity contribution in [1.82, 2.24) is 0 Å². The van der Waals surface area contributed by atoms with Crippen molar-refractivity contribution < 1.29 is 9.47 Å². The van der Waals surface area contributed by atoms with E-state index >= 15 is 0 Å². The molecule has 0 aromatic heterocycles. The number of hydrogen-bond donors (Lipinski definition) is 0. The van der Waals surface area contributed by atoms with Gasteiger partial charge in [0.1, 0.15) is 11.5 Å². The van der Waals surface area contributed by atoms with E-state index in [2.05, 4.69) is 68.3 Å². The molecule has 162 valence electrons. The molecule has 1 saturated carbocycles. The Balaban J connectivity index is 1.35. The molecular weight excluding hydrogens is 516 g/mol. The second-order valence-corrected chi connectivity index (χ2v) is 13.2. The SMILES string of the molecule is BrC1(Br)[C@@H]2CCCOc3ccc4c(c3)/C(=C3/CCc5ccc(cc53)OCCC[C@@H]21)CC4. The Morgan fingerprint density at radius 2 is 1.16 bits per heavy atom. The Morgan fingerprint density at radius 3 is 1.65 bits per heavy atom. The number of aryl methyl sites for hydroxylation is 2. The molecule has 2 atom stereocenters. The normalized spacial score (nSPS) is 28.7. The van der Waals surface area contributed by atoms with E-state index in [1.165, 1.54) is 46.2 Å². The number of benzene rings is 2. The van der Waals surface area contributed by atoms with Gasteiger partial charge < -0.3 is 9.47 Å². The molecule has 0 saturated heterocycles. The Labute approximate surface area is 201 Å². The fourth-order valence-corrected chi connectivity index (χ4v) is 7.87. The molecule has 1 heterocycles.